The molecule has 0 aliphatic heterocycles. The second-order valence-electron chi connectivity index (χ2n) is 6.75. The monoisotopic (exact) mass is 405 g/mol. The molecule has 0 aliphatic rings. The number of sulfonamides is 1. The Morgan fingerprint density at radius 2 is 1.96 bits per heavy atom. The van der Waals surface area contributed by atoms with Gasteiger partial charge in [-0.05, 0) is 24.1 Å². The van der Waals surface area contributed by atoms with Crippen LogP contribution in [0.5, 0.6) is 0 Å². The van der Waals surface area contributed by atoms with Crippen LogP contribution in [0.25, 0.3) is 11.2 Å². The van der Waals surface area contributed by atoms with Crippen molar-refractivity contribution < 1.29 is 13.5 Å². The summed E-state index contributed by atoms with van der Waals surface area (Å²) in [6.45, 7) is 3.95. The molecule has 28 heavy (non-hydrogen) atoms. The number of fused-ring (bicyclic) bond motifs is 1. The molecule has 0 radical (unpaired) electrons. The Morgan fingerprint density at radius 3 is 2.64 bits per heavy atom. The van der Waals surface area contributed by atoms with E-state index < -0.39 is 10.0 Å². The summed E-state index contributed by atoms with van der Waals surface area (Å²) < 4.78 is 25.3. The van der Waals surface area contributed by atoms with Gasteiger partial charge >= 0.3 is 0 Å². The van der Waals surface area contributed by atoms with Gasteiger partial charge < -0.3 is 20.7 Å². The highest BCUT2D eigenvalue weighted by atomic mass is 32.2. The minimum atomic E-state index is -3.38. The molecule has 0 unspecified atom stereocenters. The van der Waals surface area contributed by atoms with E-state index in [2.05, 4.69) is 35.3 Å². The molecule has 2 heterocycles. The van der Waals surface area contributed by atoms with Crippen molar-refractivity contribution in [1.82, 2.24) is 19.9 Å². The van der Waals surface area contributed by atoms with E-state index in [1.54, 1.807) is 24.3 Å². The van der Waals surface area contributed by atoms with E-state index in [9.17, 15) is 13.5 Å². The number of imidazole rings is 1. The van der Waals surface area contributed by atoms with E-state index >= 15 is 0 Å². The van der Waals surface area contributed by atoms with E-state index in [1.165, 1.54) is 6.33 Å². The maximum Gasteiger partial charge on any atom is 0.231 e. The van der Waals surface area contributed by atoms with Crippen molar-refractivity contribution in [3.63, 3.8) is 0 Å². The van der Waals surface area contributed by atoms with Crippen molar-refractivity contribution >= 4 is 44.3 Å². The Balaban J connectivity index is 1.91. The van der Waals surface area contributed by atoms with Gasteiger partial charge in [0.2, 0.25) is 16.0 Å². The van der Waals surface area contributed by atoms with Crippen LogP contribution >= 0.6 is 0 Å². The fraction of sp³-hybridized carbons (Fsp3) is 0.353. The highest BCUT2D eigenvalue weighted by molar-refractivity contribution is 7.92. The summed E-state index contributed by atoms with van der Waals surface area (Å²) in [7, 11) is -3.38. The Bertz CT molecular complexity index is 1070. The number of aromatic nitrogens is 4. The van der Waals surface area contributed by atoms with Crippen molar-refractivity contribution in [1.29, 1.82) is 0 Å². The Hall–Kier alpha value is -2.92. The van der Waals surface area contributed by atoms with Gasteiger partial charge in [0.05, 0.1) is 30.9 Å². The van der Waals surface area contributed by atoms with Gasteiger partial charge in [0.25, 0.3) is 0 Å². The molecule has 3 aromatic rings. The largest absolute Gasteiger partial charge is 0.394 e. The third-order valence-electron chi connectivity index (χ3n) is 4.03. The lowest BCUT2D eigenvalue weighted by Crippen LogP contribution is -2.30. The van der Waals surface area contributed by atoms with E-state index in [4.69, 9.17) is 0 Å². The smallest absolute Gasteiger partial charge is 0.231 e. The average molecular weight is 405 g/mol. The summed E-state index contributed by atoms with van der Waals surface area (Å²) >= 11 is 0. The Morgan fingerprint density at radius 1 is 1.21 bits per heavy atom. The first-order chi connectivity index (χ1) is 13.2. The van der Waals surface area contributed by atoms with Crippen LogP contribution in [0.3, 0.4) is 0 Å². The van der Waals surface area contributed by atoms with Crippen LogP contribution in [0.4, 0.5) is 23.1 Å². The second kappa shape index (κ2) is 7.98. The van der Waals surface area contributed by atoms with Gasteiger partial charge in [-0.15, -0.1) is 0 Å². The Kier molecular flexibility index (Phi) is 5.66. The third kappa shape index (κ3) is 4.87. The number of nitrogens with zero attached hydrogens (tertiary/aromatic N) is 3. The molecule has 150 valence electrons. The first-order valence-electron chi connectivity index (χ1n) is 8.68. The van der Waals surface area contributed by atoms with E-state index in [1.807, 2.05) is 13.8 Å². The van der Waals surface area contributed by atoms with Crippen molar-refractivity contribution in [2.75, 3.05) is 28.2 Å². The molecule has 0 spiro atoms. The average Bonchev–Trinajstić information content (AvgIpc) is 3.06. The summed E-state index contributed by atoms with van der Waals surface area (Å²) in [4.78, 5) is 16.0. The van der Waals surface area contributed by atoms with Gasteiger partial charge in [-0.3, -0.25) is 4.72 Å². The van der Waals surface area contributed by atoms with Crippen LogP contribution in [0.1, 0.15) is 13.8 Å². The summed E-state index contributed by atoms with van der Waals surface area (Å²) in [5.74, 6) is 0.996. The molecule has 0 bridgehead atoms. The second-order valence-corrected chi connectivity index (χ2v) is 8.50. The maximum absolute atomic E-state index is 11.4. The first kappa shape index (κ1) is 19.8. The number of aliphatic hydroxyl groups excluding tert-OH is 1. The lowest BCUT2D eigenvalue weighted by Gasteiger charge is -2.21. The summed E-state index contributed by atoms with van der Waals surface area (Å²) in [5, 5.41) is 15.9. The topological polar surface area (TPSA) is 145 Å². The van der Waals surface area contributed by atoms with Gasteiger partial charge in [-0.1, -0.05) is 19.9 Å². The van der Waals surface area contributed by atoms with Gasteiger partial charge in [0, 0.05) is 5.69 Å². The number of rotatable bonds is 8. The molecule has 0 amide bonds. The van der Waals surface area contributed by atoms with E-state index in [-0.39, 0.29) is 18.6 Å². The normalized spacial score (nSPS) is 12.9. The molecular formula is C17H23N7O3S. The molecule has 2 aromatic heterocycles. The van der Waals surface area contributed by atoms with Gasteiger partial charge in [0.15, 0.2) is 11.5 Å². The van der Waals surface area contributed by atoms with Crippen molar-refractivity contribution in [2.24, 2.45) is 5.92 Å². The minimum Gasteiger partial charge on any atom is -0.394 e. The molecule has 1 atom stereocenters. The lowest BCUT2D eigenvalue weighted by atomic mass is 10.1. The minimum absolute atomic E-state index is 0.0424. The molecule has 0 aliphatic carbocycles. The molecule has 0 saturated heterocycles. The van der Waals surface area contributed by atoms with Gasteiger partial charge in [-0.25, -0.2) is 13.4 Å². The summed E-state index contributed by atoms with van der Waals surface area (Å²) in [6, 6.07) is 6.57. The van der Waals surface area contributed by atoms with Crippen LogP contribution in [0.2, 0.25) is 0 Å². The van der Waals surface area contributed by atoms with Crippen molar-refractivity contribution in [3.8, 4) is 0 Å². The molecule has 5 N–H and O–H groups in total. The zero-order valence-electron chi connectivity index (χ0n) is 15.8. The van der Waals surface area contributed by atoms with Crippen LogP contribution in [-0.2, 0) is 10.0 Å². The number of hydrogen-bond acceptors (Lipinski definition) is 8. The summed E-state index contributed by atoms with van der Waals surface area (Å²) in [6.07, 6.45) is 2.61. The van der Waals surface area contributed by atoms with Gasteiger partial charge in [0.1, 0.15) is 5.52 Å². The number of anilines is 4. The summed E-state index contributed by atoms with van der Waals surface area (Å²) in [5.41, 5.74) is 2.13. The molecule has 0 fully saturated rings. The fourth-order valence-electron chi connectivity index (χ4n) is 2.60. The van der Waals surface area contributed by atoms with Crippen molar-refractivity contribution in [2.45, 2.75) is 19.9 Å². The number of aliphatic hydroxyl groups is 1. The molecule has 10 nitrogen and oxygen atoms in total. The zero-order chi connectivity index (χ0) is 20.3. The molecule has 3 rings (SSSR count). The number of aromatic amines is 1. The number of H-pyrrole nitrogens is 1. The molecule has 11 heteroatoms. The predicted molar refractivity (Wildman–Crippen MR) is 109 cm³/mol. The molecule has 0 saturated carbocycles. The first-order valence-corrected chi connectivity index (χ1v) is 10.6. The maximum atomic E-state index is 11.4. The van der Waals surface area contributed by atoms with Crippen LogP contribution in [-0.4, -0.2) is 52.4 Å². The standard InChI is InChI=1S/C17H23N7O3S/c1-10(2)13(8-25)21-16-14-15(19-9-18-14)22-17(23-16)20-11-5-4-6-12(7-11)24-28(3,26)27/h4-7,9-10,13,24-25H,8H2,1-3H3,(H3,18,19,20,21,22,23)/t13-/m0/s1. The predicted octanol–water partition coefficient (Wildman–Crippen LogP) is 1.90. The fourth-order valence-corrected chi connectivity index (χ4v) is 3.15. The van der Waals surface area contributed by atoms with Gasteiger partial charge in [-0.2, -0.15) is 9.97 Å². The van der Waals surface area contributed by atoms with Crippen LogP contribution in [0, 0.1) is 5.92 Å². The highest BCUT2D eigenvalue weighted by Gasteiger charge is 2.17. The molecule has 1 aromatic carbocycles. The Labute approximate surface area is 162 Å². The SMILES string of the molecule is CC(C)[C@H](CO)Nc1nc(Nc2cccc(NS(C)(=O)=O)c2)nc2nc[nH]c12. The van der Waals surface area contributed by atoms with Crippen LogP contribution < -0.4 is 15.4 Å². The quantitative estimate of drug-likeness (QED) is 0.382. The molecular weight excluding hydrogens is 382 g/mol. The van der Waals surface area contributed by atoms with Crippen molar-refractivity contribution in [3.05, 3.63) is 30.6 Å². The number of hydrogen-bond donors (Lipinski definition) is 5. The number of benzene rings is 1. The van der Waals surface area contributed by atoms with E-state index in [0.717, 1.165) is 6.26 Å². The third-order valence-corrected chi connectivity index (χ3v) is 4.64. The number of nitrogens with one attached hydrogen (secondary N) is 4. The highest BCUT2D eigenvalue weighted by Crippen LogP contribution is 2.24. The zero-order valence-corrected chi connectivity index (χ0v) is 16.6. The lowest BCUT2D eigenvalue weighted by molar-refractivity contribution is 0.249. The van der Waals surface area contributed by atoms with Crippen LogP contribution in [0.15, 0.2) is 30.6 Å². The van der Waals surface area contributed by atoms with E-state index in [0.29, 0.717) is 34.3 Å².